The quantitative estimate of drug-likeness (QED) is 0.922. The van der Waals surface area contributed by atoms with Gasteiger partial charge in [-0.25, -0.2) is 4.52 Å². The summed E-state index contributed by atoms with van der Waals surface area (Å²) < 4.78 is 1.78. The Labute approximate surface area is 130 Å². The van der Waals surface area contributed by atoms with E-state index in [-0.39, 0.29) is 11.9 Å². The van der Waals surface area contributed by atoms with Gasteiger partial charge in [0.15, 0.2) is 0 Å². The van der Waals surface area contributed by atoms with Gasteiger partial charge in [-0.3, -0.25) is 9.69 Å². The van der Waals surface area contributed by atoms with Gasteiger partial charge in [0.1, 0.15) is 0 Å². The van der Waals surface area contributed by atoms with Gasteiger partial charge in [0, 0.05) is 18.3 Å². The maximum atomic E-state index is 12.7. The van der Waals surface area contributed by atoms with Gasteiger partial charge in [0.2, 0.25) is 0 Å². The zero-order valence-electron chi connectivity index (χ0n) is 13.0. The van der Waals surface area contributed by atoms with Crippen molar-refractivity contribution in [1.82, 2.24) is 19.8 Å². The van der Waals surface area contributed by atoms with Crippen LogP contribution in [0, 0.1) is 6.92 Å². The molecule has 4 heterocycles. The summed E-state index contributed by atoms with van der Waals surface area (Å²) in [5, 5.41) is 7.57. The van der Waals surface area contributed by atoms with Crippen molar-refractivity contribution in [3.8, 4) is 0 Å². The largest absolute Gasteiger partial charge is 0.348 e. The number of nitrogens with zero attached hydrogens (tertiary/aromatic N) is 3. The van der Waals surface area contributed by atoms with Crippen molar-refractivity contribution >= 4 is 11.4 Å². The molecule has 0 aromatic carbocycles. The van der Waals surface area contributed by atoms with Gasteiger partial charge >= 0.3 is 0 Å². The second kappa shape index (κ2) is 5.39. The fourth-order valence-corrected chi connectivity index (χ4v) is 3.97. The Balaban J connectivity index is 1.56. The smallest absolute Gasteiger partial charge is 0.255 e. The first-order valence-electron chi connectivity index (χ1n) is 8.21. The predicted molar refractivity (Wildman–Crippen MR) is 85.0 cm³/mol. The lowest BCUT2D eigenvalue weighted by Gasteiger charge is -2.37. The molecular weight excluding hydrogens is 276 g/mol. The van der Waals surface area contributed by atoms with E-state index in [0.717, 1.165) is 17.5 Å². The second-order valence-electron chi connectivity index (χ2n) is 6.56. The van der Waals surface area contributed by atoms with E-state index in [4.69, 9.17) is 0 Å². The SMILES string of the molecule is Cc1ccc2c(C(=O)N[C@H]3CCCN4CCC[C@@H]34)cnn2c1. The van der Waals surface area contributed by atoms with Crippen molar-refractivity contribution in [3.63, 3.8) is 0 Å². The molecule has 0 radical (unpaired) electrons. The van der Waals surface area contributed by atoms with Crippen LogP contribution in [0.1, 0.15) is 41.6 Å². The number of rotatable bonds is 2. The van der Waals surface area contributed by atoms with Gasteiger partial charge in [-0.15, -0.1) is 0 Å². The number of fused-ring (bicyclic) bond motifs is 2. The fraction of sp³-hybridized carbons (Fsp3) is 0.529. The molecular formula is C17H22N4O. The normalized spacial score (nSPS) is 25.3. The Bertz CT molecular complexity index is 708. The van der Waals surface area contributed by atoms with Crippen LogP contribution in [0.3, 0.4) is 0 Å². The molecule has 116 valence electrons. The van der Waals surface area contributed by atoms with Crippen LogP contribution in [0.5, 0.6) is 0 Å². The van der Waals surface area contributed by atoms with Crippen molar-refractivity contribution in [2.45, 2.75) is 44.7 Å². The van der Waals surface area contributed by atoms with Gasteiger partial charge in [-0.2, -0.15) is 5.10 Å². The number of aromatic nitrogens is 2. The van der Waals surface area contributed by atoms with Crippen molar-refractivity contribution in [2.24, 2.45) is 0 Å². The van der Waals surface area contributed by atoms with Gasteiger partial charge in [-0.1, -0.05) is 6.07 Å². The Morgan fingerprint density at radius 1 is 1.27 bits per heavy atom. The average molecular weight is 298 g/mol. The molecule has 1 N–H and O–H groups in total. The van der Waals surface area contributed by atoms with Crippen molar-refractivity contribution < 1.29 is 4.79 Å². The lowest BCUT2D eigenvalue weighted by molar-refractivity contribution is 0.0869. The minimum atomic E-state index is 0.0117. The highest BCUT2D eigenvalue weighted by molar-refractivity contribution is 6.00. The molecule has 2 fully saturated rings. The molecule has 4 rings (SSSR count). The first-order valence-corrected chi connectivity index (χ1v) is 8.21. The van der Waals surface area contributed by atoms with E-state index in [2.05, 4.69) is 15.3 Å². The molecule has 5 heteroatoms. The van der Waals surface area contributed by atoms with Gasteiger partial charge < -0.3 is 5.32 Å². The Morgan fingerprint density at radius 2 is 2.09 bits per heavy atom. The van der Waals surface area contributed by atoms with Crippen LogP contribution in [-0.4, -0.2) is 45.6 Å². The number of pyridine rings is 1. The lowest BCUT2D eigenvalue weighted by atomic mass is 9.96. The molecule has 2 aromatic rings. The lowest BCUT2D eigenvalue weighted by Crippen LogP contribution is -2.52. The standard InChI is InChI=1S/C17H22N4O/c1-12-6-7-15-13(10-18-21(15)11-12)17(22)19-14-4-2-8-20-9-3-5-16(14)20/h6-7,10-11,14,16H,2-5,8-9H2,1H3,(H,19,22)/t14-,16-/m0/s1. The summed E-state index contributed by atoms with van der Waals surface area (Å²) in [5.74, 6) is 0.0117. The minimum Gasteiger partial charge on any atom is -0.348 e. The number of aryl methyl sites for hydroxylation is 1. The highest BCUT2D eigenvalue weighted by Gasteiger charge is 2.35. The third-order valence-electron chi connectivity index (χ3n) is 5.06. The van der Waals surface area contributed by atoms with Crippen LogP contribution < -0.4 is 5.32 Å². The zero-order chi connectivity index (χ0) is 15.1. The molecule has 2 aliphatic heterocycles. The Kier molecular flexibility index (Phi) is 3.37. The minimum absolute atomic E-state index is 0.0117. The number of piperidine rings is 1. The van der Waals surface area contributed by atoms with Gasteiger partial charge in [0.05, 0.1) is 17.3 Å². The zero-order valence-corrected chi connectivity index (χ0v) is 13.0. The van der Waals surface area contributed by atoms with E-state index in [9.17, 15) is 4.79 Å². The number of hydrogen-bond acceptors (Lipinski definition) is 3. The van der Waals surface area contributed by atoms with Gasteiger partial charge in [0.25, 0.3) is 5.91 Å². The molecule has 0 spiro atoms. The van der Waals surface area contributed by atoms with Crippen molar-refractivity contribution in [3.05, 3.63) is 35.7 Å². The molecule has 0 bridgehead atoms. The second-order valence-corrected chi connectivity index (χ2v) is 6.56. The van der Waals surface area contributed by atoms with E-state index in [1.807, 2.05) is 25.3 Å². The number of amides is 1. The van der Waals surface area contributed by atoms with E-state index < -0.39 is 0 Å². The molecule has 22 heavy (non-hydrogen) atoms. The van der Waals surface area contributed by atoms with E-state index in [0.29, 0.717) is 11.6 Å². The van der Waals surface area contributed by atoms with Crippen LogP contribution in [0.4, 0.5) is 0 Å². The number of carbonyl (C=O) groups is 1. The fourth-order valence-electron chi connectivity index (χ4n) is 3.97. The van der Waals surface area contributed by atoms with Crippen LogP contribution in [-0.2, 0) is 0 Å². The maximum Gasteiger partial charge on any atom is 0.255 e. The molecule has 2 aliphatic rings. The monoisotopic (exact) mass is 298 g/mol. The first kappa shape index (κ1) is 13.8. The van der Waals surface area contributed by atoms with Crippen LogP contribution in [0.25, 0.3) is 5.52 Å². The highest BCUT2D eigenvalue weighted by atomic mass is 16.1. The van der Waals surface area contributed by atoms with Crippen molar-refractivity contribution in [2.75, 3.05) is 13.1 Å². The van der Waals surface area contributed by atoms with E-state index >= 15 is 0 Å². The summed E-state index contributed by atoms with van der Waals surface area (Å²) in [4.78, 5) is 15.2. The molecule has 2 aromatic heterocycles. The molecule has 2 atom stereocenters. The summed E-state index contributed by atoms with van der Waals surface area (Å²) in [7, 11) is 0. The molecule has 0 aliphatic carbocycles. The predicted octanol–water partition coefficient (Wildman–Crippen LogP) is 2.00. The topological polar surface area (TPSA) is 49.6 Å². The third-order valence-corrected chi connectivity index (χ3v) is 5.06. The Hall–Kier alpha value is -1.88. The summed E-state index contributed by atoms with van der Waals surface area (Å²) in [6.07, 6.45) is 8.36. The maximum absolute atomic E-state index is 12.7. The molecule has 2 saturated heterocycles. The molecule has 1 amide bonds. The number of hydrogen-bond donors (Lipinski definition) is 1. The van der Waals surface area contributed by atoms with Crippen molar-refractivity contribution in [1.29, 1.82) is 0 Å². The average Bonchev–Trinajstić information content (AvgIpc) is 3.13. The van der Waals surface area contributed by atoms with Gasteiger partial charge in [-0.05, 0) is 57.3 Å². The molecule has 0 saturated carbocycles. The van der Waals surface area contributed by atoms with Crippen LogP contribution in [0.2, 0.25) is 0 Å². The highest BCUT2D eigenvalue weighted by Crippen LogP contribution is 2.27. The molecule has 0 unspecified atom stereocenters. The van der Waals surface area contributed by atoms with Crippen LogP contribution in [0.15, 0.2) is 24.5 Å². The summed E-state index contributed by atoms with van der Waals surface area (Å²) in [6.45, 7) is 4.40. The number of nitrogens with one attached hydrogen (secondary N) is 1. The van der Waals surface area contributed by atoms with E-state index in [1.54, 1.807) is 10.7 Å². The third kappa shape index (κ3) is 2.29. The summed E-state index contributed by atoms with van der Waals surface area (Å²) in [5.41, 5.74) is 2.69. The van der Waals surface area contributed by atoms with Crippen LogP contribution >= 0.6 is 0 Å². The van der Waals surface area contributed by atoms with E-state index in [1.165, 1.54) is 32.4 Å². The molecule has 5 nitrogen and oxygen atoms in total. The Morgan fingerprint density at radius 3 is 2.95 bits per heavy atom. The summed E-state index contributed by atoms with van der Waals surface area (Å²) in [6, 6.07) is 4.80. The first-order chi connectivity index (χ1) is 10.7. The summed E-state index contributed by atoms with van der Waals surface area (Å²) >= 11 is 0. The number of carbonyl (C=O) groups excluding carboxylic acids is 1.